The van der Waals surface area contributed by atoms with Crippen LogP contribution in [-0.2, 0) is 0 Å². The SMILES string of the molecule is CCN(C[B-](F)(F)F)C1CCCC1.[K+]. The van der Waals surface area contributed by atoms with E-state index in [1.54, 1.807) is 11.8 Å². The molecular weight excluding hydrogens is 217 g/mol. The second kappa shape index (κ2) is 6.91. The molecule has 0 aliphatic heterocycles. The van der Waals surface area contributed by atoms with Crippen molar-refractivity contribution >= 4 is 6.98 Å². The van der Waals surface area contributed by atoms with Gasteiger partial charge in [-0.05, 0) is 25.8 Å². The molecule has 6 heteroatoms. The van der Waals surface area contributed by atoms with E-state index in [4.69, 9.17) is 0 Å². The summed E-state index contributed by atoms with van der Waals surface area (Å²) >= 11 is 0. The molecule has 0 unspecified atom stereocenters. The molecule has 0 aromatic carbocycles. The van der Waals surface area contributed by atoms with Crippen LogP contribution in [0.1, 0.15) is 32.6 Å². The number of nitrogens with zero attached hydrogens (tertiary/aromatic N) is 1. The number of hydrogen-bond donors (Lipinski definition) is 0. The zero-order valence-electron chi connectivity index (χ0n) is 8.98. The molecule has 1 aliphatic rings. The molecule has 0 aromatic rings. The molecule has 0 N–H and O–H groups in total. The molecule has 14 heavy (non-hydrogen) atoms. The van der Waals surface area contributed by atoms with E-state index in [0.717, 1.165) is 25.7 Å². The van der Waals surface area contributed by atoms with E-state index in [1.165, 1.54) is 0 Å². The van der Waals surface area contributed by atoms with Gasteiger partial charge >= 0.3 is 58.4 Å². The first-order valence-corrected chi connectivity index (χ1v) is 4.98. The van der Waals surface area contributed by atoms with E-state index in [2.05, 4.69) is 0 Å². The van der Waals surface area contributed by atoms with Crippen LogP contribution in [0.2, 0.25) is 0 Å². The maximum atomic E-state index is 12.2. The van der Waals surface area contributed by atoms with Crippen LogP contribution < -0.4 is 51.4 Å². The first-order valence-electron chi connectivity index (χ1n) is 4.98. The minimum atomic E-state index is -4.65. The Hall–Kier alpha value is 1.45. The summed E-state index contributed by atoms with van der Waals surface area (Å²) < 4.78 is 36.5. The van der Waals surface area contributed by atoms with Crippen LogP contribution in [0.25, 0.3) is 0 Å². The van der Waals surface area contributed by atoms with Gasteiger partial charge in [0, 0.05) is 6.04 Å². The Kier molecular flexibility index (Phi) is 7.63. The van der Waals surface area contributed by atoms with E-state index in [0.29, 0.717) is 6.54 Å². The Morgan fingerprint density at radius 1 is 1.21 bits per heavy atom. The molecule has 0 bridgehead atoms. The second-order valence-corrected chi connectivity index (χ2v) is 3.74. The molecular formula is C8H16BF3KN. The van der Waals surface area contributed by atoms with E-state index < -0.39 is 13.4 Å². The summed E-state index contributed by atoms with van der Waals surface area (Å²) in [6.45, 7) is -2.32. The fourth-order valence-corrected chi connectivity index (χ4v) is 2.07. The molecule has 0 heterocycles. The van der Waals surface area contributed by atoms with Crippen LogP contribution in [0.4, 0.5) is 12.9 Å². The second-order valence-electron chi connectivity index (χ2n) is 3.74. The molecule has 0 radical (unpaired) electrons. The number of hydrogen-bond acceptors (Lipinski definition) is 1. The van der Waals surface area contributed by atoms with Crippen molar-refractivity contribution in [1.29, 1.82) is 0 Å². The normalized spacial score (nSPS) is 18.6. The molecule has 1 nitrogen and oxygen atoms in total. The molecule has 0 amide bonds. The van der Waals surface area contributed by atoms with Crippen molar-refractivity contribution in [2.24, 2.45) is 0 Å². The summed E-state index contributed by atoms with van der Waals surface area (Å²) in [5.41, 5.74) is 0. The smallest absolute Gasteiger partial charge is 0.448 e. The van der Waals surface area contributed by atoms with Crippen molar-refractivity contribution in [2.45, 2.75) is 38.6 Å². The van der Waals surface area contributed by atoms with Gasteiger partial charge in [0.2, 0.25) is 0 Å². The number of halogens is 3. The van der Waals surface area contributed by atoms with Gasteiger partial charge in [-0.3, -0.25) is 0 Å². The van der Waals surface area contributed by atoms with Crippen molar-refractivity contribution in [3.05, 3.63) is 0 Å². The molecule has 0 aromatic heterocycles. The van der Waals surface area contributed by atoms with Crippen LogP contribution >= 0.6 is 0 Å². The summed E-state index contributed by atoms with van der Waals surface area (Å²) in [4.78, 5) is 1.58. The summed E-state index contributed by atoms with van der Waals surface area (Å²) in [6.07, 6.45) is 3.39. The zero-order valence-corrected chi connectivity index (χ0v) is 12.1. The predicted octanol–water partition coefficient (Wildman–Crippen LogP) is -0.358. The Balaban J connectivity index is 0.00000169. The largest absolute Gasteiger partial charge is 1.00 e. The van der Waals surface area contributed by atoms with Gasteiger partial charge in [0.05, 0.1) is 0 Å². The van der Waals surface area contributed by atoms with Gasteiger partial charge in [-0.1, -0.05) is 19.8 Å². The van der Waals surface area contributed by atoms with Crippen molar-refractivity contribution in [2.75, 3.05) is 13.0 Å². The third-order valence-corrected chi connectivity index (χ3v) is 2.69. The molecule has 0 spiro atoms. The van der Waals surface area contributed by atoms with Gasteiger partial charge < -0.3 is 17.8 Å². The van der Waals surface area contributed by atoms with Gasteiger partial charge in [0.1, 0.15) is 0 Å². The minimum Gasteiger partial charge on any atom is -0.448 e. The van der Waals surface area contributed by atoms with Crippen LogP contribution in [-0.4, -0.2) is 30.9 Å². The van der Waals surface area contributed by atoms with E-state index >= 15 is 0 Å². The molecule has 1 rings (SSSR count). The van der Waals surface area contributed by atoms with E-state index in [-0.39, 0.29) is 57.4 Å². The van der Waals surface area contributed by atoms with Crippen molar-refractivity contribution < 1.29 is 64.3 Å². The fraction of sp³-hybridized carbons (Fsp3) is 1.00. The Bertz CT molecular complexity index is 159. The molecule has 1 saturated carbocycles. The average molecular weight is 233 g/mol. The first-order chi connectivity index (χ1) is 6.03. The van der Waals surface area contributed by atoms with Gasteiger partial charge in [-0.2, -0.15) is 0 Å². The molecule has 0 atom stereocenters. The fourth-order valence-electron chi connectivity index (χ4n) is 2.07. The molecule has 78 valence electrons. The first kappa shape index (κ1) is 15.5. The third kappa shape index (κ3) is 5.51. The Morgan fingerprint density at radius 3 is 2.07 bits per heavy atom. The van der Waals surface area contributed by atoms with E-state index in [9.17, 15) is 12.9 Å². The predicted molar refractivity (Wildman–Crippen MR) is 48.6 cm³/mol. The third-order valence-electron chi connectivity index (χ3n) is 2.69. The van der Waals surface area contributed by atoms with Gasteiger partial charge in [-0.15, -0.1) is 0 Å². The quantitative estimate of drug-likeness (QED) is 0.599. The minimum absolute atomic E-state index is 0. The van der Waals surface area contributed by atoms with Crippen LogP contribution in [0.5, 0.6) is 0 Å². The number of rotatable bonds is 4. The molecule has 1 aliphatic carbocycles. The molecule has 0 saturated heterocycles. The van der Waals surface area contributed by atoms with Crippen LogP contribution in [0.15, 0.2) is 0 Å². The maximum absolute atomic E-state index is 12.2. The zero-order chi connectivity index (χ0) is 9.90. The van der Waals surface area contributed by atoms with Gasteiger partial charge in [0.15, 0.2) is 0 Å². The van der Waals surface area contributed by atoms with Gasteiger partial charge in [-0.25, -0.2) is 0 Å². The van der Waals surface area contributed by atoms with Crippen molar-refractivity contribution in [1.82, 2.24) is 4.90 Å². The van der Waals surface area contributed by atoms with Crippen LogP contribution in [0, 0.1) is 0 Å². The summed E-state index contributed by atoms with van der Waals surface area (Å²) in [6, 6.07) is 0.188. The Morgan fingerprint density at radius 2 is 1.71 bits per heavy atom. The standard InChI is InChI=1S/C8H16BF3N.K/c1-2-13(7-9(10,11)12)8-5-3-4-6-8;/h8H,2-7H2,1H3;/q-1;+1. The average Bonchev–Trinajstić information content (AvgIpc) is 2.50. The molecule has 1 fully saturated rings. The van der Waals surface area contributed by atoms with E-state index in [1.807, 2.05) is 0 Å². The van der Waals surface area contributed by atoms with Crippen molar-refractivity contribution in [3.8, 4) is 0 Å². The summed E-state index contributed by atoms with van der Waals surface area (Å²) in [5, 5.41) is 0. The maximum Gasteiger partial charge on any atom is 1.00 e. The van der Waals surface area contributed by atoms with Crippen molar-refractivity contribution in [3.63, 3.8) is 0 Å². The summed E-state index contributed by atoms with van der Waals surface area (Å²) in [7, 11) is 0. The van der Waals surface area contributed by atoms with Crippen LogP contribution in [0.3, 0.4) is 0 Å². The van der Waals surface area contributed by atoms with Gasteiger partial charge in [0.25, 0.3) is 0 Å². The Labute approximate surface area is 126 Å². The topological polar surface area (TPSA) is 3.24 Å². The summed E-state index contributed by atoms with van der Waals surface area (Å²) in [5.74, 6) is 0. The monoisotopic (exact) mass is 233 g/mol.